The minimum absolute atomic E-state index is 0.0434. The van der Waals surface area contributed by atoms with Gasteiger partial charge in [0.2, 0.25) is 0 Å². The molecule has 0 unspecified atom stereocenters. The van der Waals surface area contributed by atoms with Crippen LogP contribution in [-0.4, -0.2) is 46.7 Å². The summed E-state index contributed by atoms with van der Waals surface area (Å²) in [4.78, 5) is 27.4. The molecule has 1 aromatic heterocycles. The van der Waals surface area contributed by atoms with Crippen LogP contribution >= 0.6 is 15.9 Å². The van der Waals surface area contributed by atoms with E-state index in [1.807, 2.05) is 0 Å². The summed E-state index contributed by atoms with van der Waals surface area (Å²) >= 11 is 3.12. The van der Waals surface area contributed by atoms with Gasteiger partial charge in [0.05, 0.1) is 11.5 Å². The molecular formula is C14H20BrN3O5. The fourth-order valence-corrected chi connectivity index (χ4v) is 1.88. The minimum Gasteiger partial charge on any atom is -0.473 e. The third-order valence-electron chi connectivity index (χ3n) is 2.58. The second-order valence-electron chi connectivity index (χ2n) is 5.84. The first-order chi connectivity index (χ1) is 10.6. The van der Waals surface area contributed by atoms with Crippen LogP contribution < -0.4 is 4.74 Å². The molecule has 0 aliphatic heterocycles. The summed E-state index contributed by atoms with van der Waals surface area (Å²) in [6.07, 6.45) is 1.49. The molecule has 0 aromatic carbocycles. The highest BCUT2D eigenvalue weighted by molar-refractivity contribution is 9.10. The molecule has 0 fully saturated rings. The Balaban J connectivity index is 2.46. The minimum atomic E-state index is -0.556. The van der Waals surface area contributed by atoms with Crippen molar-refractivity contribution in [2.75, 3.05) is 20.2 Å². The number of nitro groups is 1. The molecule has 128 valence electrons. The van der Waals surface area contributed by atoms with Gasteiger partial charge in [0.15, 0.2) is 0 Å². The lowest BCUT2D eigenvalue weighted by molar-refractivity contribution is -0.386. The van der Waals surface area contributed by atoms with Crippen molar-refractivity contribution in [3.8, 4) is 5.88 Å². The molecule has 23 heavy (non-hydrogen) atoms. The van der Waals surface area contributed by atoms with E-state index in [2.05, 4.69) is 20.9 Å². The summed E-state index contributed by atoms with van der Waals surface area (Å²) in [5, 5.41) is 10.9. The summed E-state index contributed by atoms with van der Waals surface area (Å²) in [7, 11) is 1.62. The highest BCUT2D eigenvalue weighted by Crippen LogP contribution is 2.27. The number of nitrogens with zero attached hydrogens (tertiary/aromatic N) is 3. The molecule has 0 aliphatic carbocycles. The fourth-order valence-electron chi connectivity index (χ4n) is 1.56. The number of carbonyl (C=O) groups is 1. The number of ether oxygens (including phenoxy) is 2. The SMILES string of the molecule is CN(CCCOc1ncc(Br)cc1[N+](=O)[O-])C(=O)OC(C)(C)C. The fraction of sp³-hybridized carbons (Fsp3) is 0.571. The van der Waals surface area contributed by atoms with Crippen molar-refractivity contribution in [2.24, 2.45) is 0 Å². The number of carbonyl (C=O) groups excluding carboxylic acids is 1. The predicted octanol–water partition coefficient (Wildman–Crippen LogP) is 3.39. The van der Waals surface area contributed by atoms with Crippen LogP contribution in [0.3, 0.4) is 0 Å². The molecule has 0 bridgehead atoms. The summed E-state index contributed by atoms with van der Waals surface area (Å²) in [6, 6.07) is 1.33. The van der Waals surface area contributed by atoms with Gasteiger partial charge in [-0.05, 0) is 43.1 Å². The molecule has 1 rings (SSSR count). The van der Waals surface area contributed by atoms with Gasteiger partial charge in [-0.15, -0.1) is 0 Å². The van der Waals surface area contributed by atoms with E-state index in [1.165, 1.54) is 17.2 Å². The molecule has 0 saturated heterocycles. The van der Waals surface area contributed by atoms with Crippen LogP contribution in [0.5, 0.6) is 5.88 Å². The van der Waals surface area contributed by atoms with Crippen molar-refractivity contribution < 1.29 is 19.2 Å². The molecule has 0 spiro atoms. The first-order valence-corrected chi connectivity index (χ1v) is 7.76. The Kier molecular flexibility index (Phi) is 6.74. The number of aromatic nitrogens is 1. The summed E-state index contributed by atoms with van der Waals surface area (Å²) in [5.41, 5.74) is -0.760. The maximum atomic E-state index is 11.8. The Morgan fingerprint density at radius 2 is 2.13 bits per heavy atom. The Hall–Kier alpha value is -1.90. The van der Waals surface area contributed by atoms with Crippen LogP contribution in [0.2, 0.25) is 0 Å². The Bertz CT molecular complexity index is 574. The van der Waals surface area contributed by atoms with Gasteiger partial charge in [-0.3, -0.25) is 10.1 Å². The summed E-state index contributed by atoms with van der Waals surface area (Å²) < 4.78 is 11.1. The van der Waals surface area contributed by atoms with Crippen LogP contribution in [0.15, 0.2) is 16.7 Å². The third kappa shape index (κ3) is 6.81. The van der Waals surface area contributed by atoms with Crippen molar-refractivity contribution in [3.05, 3.63) is 26.9 Å². The van der Waals surface area contributed by atoms with Crippen molar-refractivity contribution >= 4 is 27.7 Å². The Labute approximate surface area is 143 Å². The lowest BCUT2D eigenvalue weighted by atomic mass is 10.2. The van der Waals surface area contributed by atoms with E-state index in [0.717, 1.165) is 0 Å². The molecule has 0 atom stereocenters. The van der Waals surface area contributed by atoms with Crippen molar-refractivity contribution in [1.29, 1.82) is 0 Å². The Morgan fingerprint density at radius 1 is 1.48 bits per heavy atom. The number of rotatable bonds is 6. The molecule has 1 heterocycles. The normalized spacial score (nSPS) is 11.0. The zero-order valence-electron chi connectivity index (χ0n) is 13.5. The summed E-state index contributed by atoms with van der Waals surface area (Å²) in [6.45, 7) is 5.97. The highest BCUT2D eigenvalue weighted by atomic mass is 79.9. The maximum absolute atomic E-state index is 11.8. The van der Waals surface area contributed by atoms with Gasteiger partial charge >= 0.3 is 11.8 Å². The van der Waals surface area contributed by atoms with Gasteiger partial charge in [0.1, 0.15) is 5.60 Å². The summed E-state index contributed by atoms with van der Waals surface area (Å²) in [5.74, 6) is -0.0434. The van der Waals surface area contributed by atoms with Crippen LogP contribution in [0.25, 0.3) is 0 Å². The van der Waals surface area contributed by atoms with Crippen molar-refractivity contribution in [2.45, 2.75) is 32.8 Å². The van der Waals surface area contributed by atoms with E-state index in [0.29, 0.717) is 17.4 Å². The van der Waals surface area contributed by atoms with Crippen molar-refractivity contribution in [3.63, 3.8) is 0 Å². The molecule has 8 nitrogen and oxygen atoms in total. The van der Waals surface area contributed by atoms with Crippen LogP contribution in [0.4, 0.5) is 10.5 Å². The van der Waals surface area contributed by atoms with Gasteiger partial charge in [-0.2, -0.15) is 0 Å². The average molecular weight is 390 g/mol. The van der Waals surface area contributed by atoms with E-state index in [1.54, 1.807) is 27.8 Å². The molecule has 1 aromatic rings. The Morgan fingerprint density at radius 3 is 2.70 bits per heavy atom. The predicted molar refractivity (Wildman–Crippen MR) is 87.6 cm³/mol. The largest absolute Gasteiger partial charge is 0.473 e. The van der Waals surface area contributed by atoms with E-state index in [4.69, 9.17) is 9.47 Å². The molecule has 0 radical (unpaired) electrons. The second-order valence-corrected chi connectivity index (χ2v) is 6.75. The van der Waals surface area contributed by atoms with Crippen molar-refractivity contribution in [1.82, 2.24) is 9.88 Å². The van der Waals surface area contributed by atoms with Gasteiger partial charge in [-0.1, -0.05) is 0 Å². The number of pyridine rings is 1. The quantitative estimate of drug-likeness (QED) is 0.420. The zero-order chi connectivity index (χ0) is 17.6. The number of hydrogen-bond acceptors (Lipinski definition) is 6. The van der Waals surface area contributed by atoms with Gasteiger partial charge in [-0.25, -0.2) is 9.78 Å². The maximum Gasteiger partial charge on any atom is 0.410 e. The van der Waals surface area contributed by atoms with E-state index in [9.17, 15) is 14.9 Å². The number of hydrogen-bond donors (Lipinski definition) is 0. The van der Waals surface area contributed by atoms with Crippen LogP contribution in [0.1, 0.15) is 27.2 Å². The zero-order valence-corrected chi connectivity index (χ0v) is 15.1. The van der Waals surface area contributed by atoms with Gasteiger partial charge in [0.25, 0.3) is 5.88 Å². The monoisotopic (exact) mass is 389 g/mol. The smallest absolute Gasteiger partial charge is 0.410 e. The molecular weight excluding hydrogens is 370 g/mol. The first kappa shape index (κ1) is 19.1. The molecule has 1 amide bonds. The lowest BCUT2D eigenvalue weighted by Gasteiger charge is -2.24. The van der Waals surface area contributed by atoms with Gasteiger partial charge < -0.3 is 14.4 Å². The van der Waals surface area contributed by atoms with Gasteiger partial charge in [0, 0.05) is 30.3 Å². The highest BCUT2D eigenvalue weighted by Gasteiger charge is 2.20. The average Bonchev–Trinajstić information content (AvgIpc) is 2.42. The topological polar surface area (TPSA) is 94.8 Å². The number of amides is 1. The number of halogens is 1. The van der Waals surface area contributed by atoms with E-state index >= 15 is 0 Å². The third-order valence-corrected chi connectivity index (χ3v) is 3.01. The molecule has 0 aliphatic rings. The molecule has 0 saturated carbocycles. The molecule has 0 N–H and O–H groups in total. The second kappa shape index (κ2) is 8.09. The van der Waals surface area contributed by atoms with E-state index < -0.39 is 16.6 Å². The standard InChI is InChI=1S/C14H20BrN3O5/c1-14(2,3)23-13(19)17(4)6-5-7-22-12-11(18(20)21)8-10(15)9-16-12/h8-9H,5-7H2,1-4H3. The molecule has 9 heteroatoms. The lowest BCUT2D eigenvalue weighted by Crippen LogP contribution is -2.35. The van der Waals surface area contributed by atoms with Crippen LogP contribution in [0, 0.1) is 10.1 Å². The van der Waals surface area contributed by atoms with E-state index in [-0.39, 0.29) is 18.2 Å². The first-order valence-electron chi connectivity index (χ1n) is 6.97. The van der Waals surface area contributed by atoms with Crippen LogP contribution in [-0.2, 0) is 4.74 Å².